The molecule has 1 heterocycles. The zero-order valence-electron chi connectivity index (χ0n) is 8.47. The Labute approximate surface area is 76.3 Å². The molecule has 1 aliphatic heterocycles. The summed E-state index contributed by atoms with van der Waals surface area (Å²) in [5.41, 5.74) is 0. The highest BCUT2D eigenvalue weighted by Crippen LogP contribution is 2.07. The average molecular weight is 170 g/mol. The van der Waals surface area contributed by atoms with E-state index in [9.17, 15) is 0 Å². The molecule has 1 saturated heterocycles. The molecule has 0 aromatic heterocycles. The van der Waals surface area contributed by atoms with E-state index >= 15 is 0 Å². The fourth-order valence-electron chi connectivity index (χ4n) is 1.81. The maximum atomic E-state index is 3.40. The molecule has 1 fully saturated rings. The highest BCUT2D eigenvalue weighted by molar-refractivity contribution is 4.78. The molecular formula is C10H22N2. The monoisotopic (exact) mass is 170 g/mol. The summed E-state index contributed by atoms with van der Waals surface area (Å²) in [6, 6.07) is 0.807. The van der Waals surface area contributed by atoms with Crippen molar-refractivity contribution in [3.63, 3.8) is 0 Å². The van der Waals surface area contributed by atoms with Crippen LogP contribution in [0.2, 0.25) is 0 Å². The second-order valence-electron chi connectivity index (χ2n) is 3.83. The van der Waals surface area contributed by atoms with Crippen molar-refractivity contribution in [2.75, 3.05) is 26.7 Å². The lowest BCUT2D eigenvalue weighted by Gasteiger charge is -2.22. The molecule has 0 bridgehead atoms. The van der Waals surface area contributed by atoms with Gasteiger partial charge in [0.2, 0.25) is 0 Å². The van der Waals surface area contributed by atoms with Gasteiger partial charge in [0.05, 0.1) is 0 Å². The molecule has 0 saturated carbocycles. The van der Waals surface area contributed by atoms with Crippen molar-refractivity contribution in [3.8, 4) is 0 Å². The van der Waals surface area contributed by atoms with E-state index in [0.717, 1.165) is 6.04 Å². The number of nitrogens with zero attached hydrogens (tertiary/aromatic N) is 1. The number of unbranched alkanes of at least 4 members (excludes halogenated alkanes) is 2. The van der Waals surface area contributed by atoms with E-state index in [-0.39, 0.29) is 0 Å². The van der Waals surface area contributed by atoms with Gasteiger partial charge in [0, 0.05) is 12.6 Å². The van der Waals surface area contributed by atoms with Gasteiger partial charge in [0.1, 0.15) is 0 Å². The SMILES string of the molecule is CCCCCN(C)C1CCNC1. The lowest BCUT2D eigenvalue weighted by atomic mass is 10.2. The summed E-state index contributed by atoms with van der Waals surface area (Å²) in [7, 11) is 2.26. The van der Waals surface area contributed by atoms with Gasteiger partial charge < -0.3 is 10.2 Å². The van der Waals surface area contributed by atoms with Crippen LogP contribution in [0.15, 0.2) is 0 Å². The first-order valence-corrected chi connectivity index (χ1v) is 5.25. The van der Waals surface area contributed by atoms with Crippen LogP contribution in [0.3, 0.4) is 0 Å². The van der Waals surface area contributed by atoms with E-state index in [1.165, 1.54) is 45.3 Å². The third kappa shape index (κ3) is 3.11. The van der Waals surface area contributed by atoms with Gasteiger partial charge in [-0.2, -0.15) is 0 Å². The minimum absolute atomic E-state index is 0.807. The molecule has 0 aliphatic carbocycles. The fourth-order valence-corrected chi connectivity index (χ4v) is 1.81. The largest absolute Gasteiger partial charge is 0.315 e. The molecule has 2 nitrogen and oxygen atoms in total. The molecule has 2 heteroatoms. The molecule has 1 atom stereocenters. The Bertz CT molecular complexity index is 108. The first kappa shape index (κ1) is 10.0. The predicted molar refractivity (Wildman–Crippen MR) is 53.4 cm³/mol. The summed E-state index contributed by atoms with van der Waals surface area (Å²) in [5, 5.41) is 3.40. The minimum atomic E-state index is 0.807. The second kappa shape index (κ2) is 5.55. The molecule has 0 spiro atoms. The van der Waals surface area contributed by atoms with Crippen LogP contribution in [0.1, 0.15) is 32.6 Å². The van der Waals surface area contributed by atoms with Gasteiger partial charge in [-0.3, -0.25) is 0 Å². The smallest absolute Gasteiger partial charge is 0.0229 e. The minimum Gasteiger partial charge on any atom is -0.315 e. The van der Waals surface area contributed by atoms with Crippen LogP contribution in [0.25, 0.3) is 0 Å². The Kier molecular flexibility index (Phi) is 4.62. The van der Waals surface area contributed by atoms with Gasteiger partial charge in [-0.1, -0.05) is 19.8 Å². The Morgan fingerprint density at radius 2 is 2.25 bits per heavy atom. The zero-order valence-corrected chi connectivity index (χ0v) is 8.47. The molecule has 0 aromatic rings. The molecule has 72 valence electrons. The normalized spacial score (nSPS) is 23.8. The Balaban J connectivity index is 2.05. The van der Waals surface area contributed by atoms with Crippen molar-refractivity contribution in [1.29, 1.82) is 0 Å². The quantitative estimate of drug-likeness (QED) is 0.629. The molecule has 1 rings (SSSR count). The zero-order chi connectivity index (χ0) is 8.81. The Morgan fingerprint density at radius 1 is 1.42 bits per heavy atom. The first-order chi connectivity index (χ1) is 5.84. The molecule has 1 aliphatic rings. The molecule has 1 N–H and O–H groups in total. The standard InChI is InChI=1S/C10H22N2/c1-3-4-5-8-12(2)10-6-7-11-9-10/h10-11H,3-9H2,1-2H3. The van der Waals surface area contributed by atoms with Crippen molar-refractivity contribution in [3.05, 3.63) is 0 Å². The summed E-state index contributed by atoms with van der Waals surface area (Å²) < 4.78 is 0. The molecule has 12 heavy (non-hydrogen) atoms. The van der Waals surface area contributed by atoms with Crippen LogP contribution >= 0.6 is 0 Å². The van der Waals surface area contributed by atoms with Gasteiger partial charge in [-0.15, -0.1) is 0 Å². The average Bonchev–Trinajstić information content (AvgIpc) is 2.56. The van der Waals surface area contributed by atoms with Crippen molar-refractivity contribution in [2.24, 2.45) is 0 Å². The van der Waals surface area contributed by atoms with Crippen molar-refractivity contribution < 1.29 is 0 Å². The highest BCUT2D eigenvalue weighted by atomic mass is 15.2. The second-order valence-corrected chi connectivity index (χ2v) is 3.83. The highest BCUT2D eigenvalue weighted by Gasteiger charge is 2.17. The van der Waals surface area contributed by atoms with Crippen LogP contribution in [0.4, 0.5) is 0 Å². The van der Waals surface area contributed by atoms with Crippen LogP contribution in [0.5, 0.6) is 0 Å². The van der Waals surface area contributed by atoms with E-state index in [1.807, 2.05) is 0 Å². The maximum Gasteiger partial charge on any atom is 0.0229 e. The lowest BCUT2D eigenvalue weighted by molar-refractivity contribution is 0.252. The van der Waals surface area contributed by atoms with Gasteiger partial charge in [0.15, 0.2) is 0 Å². The van der Waals surface area contributed by atoms with Crippen LogP contribution in [0, 0.1) is 0 Å². The number of likely N-dealkylation sites (N-methyl/N-ethyl adjacent to an activating group) is 1. The number of nitrogens with one attached hydrogen (secondary N) is 1. The van der Waals surface area contributed by atoms with Gasteiger partial charge in [-0.05, 0) is 33.0 Å². The van der Waals surface area contributed by atoms with Crippen molar-refractivity contribution >= 4 is 0 Å². The fraction of sp³-hybridized carbons (Fsp3) is 1.00. The van der Waals surface area contributed by atoms with E-state index in [4.69, 9.17) is 0 Å². The molecular weight excluding hydrogens is 148 g/mol. The Morgan fingerprint density at radius 3 is 2.83 bits per heavy atom. The molecule has 0 aromatic carbocycles. The van der Waals surface area contributed by atoms with Crippen molar-refractivity contribution in [2.45, 2.75) is 38.6 Å². The third-order valence-corrected chi connectivity index (χ3v) is 2.77. The van der Waals surface area contributed by atoms with Crippen LogP contribution in [-0.2, 0) is 0 Å². The maximum absolute atomic E-state index is 3.40. The van der Waals surface area contributed by atoms with E-state index in [1.54, 1.807) is 0 Å². The lowest BCUT2D eigenvalue weighted by Crippen LogP contribution is -2.34. The molecule has 0 radical (unpaired) electrons. The summed E-state index contributed by atoms with van der Waals surface area (Å²) in [6.07, 6.45) is 5.41. The van der Waals surface area contributed by atoms with Gasteiger partial charge in [-0.25, -0.2) is 0 Å². The molecule has 0 amide bonds. The summed E-state index contributed by atoms with van der Waals surface area (Å²) in [6.45, 7) is 5.95. The number of hydrogen-bond donors (Lipinski definition) is 1. The predicted octanol–water partition coefficient (Wildman–Crippen LogP) is 1.47. The third-order valence-electron chi connectivity index (χ3n) is 2.77. The van der Waals surface area contributed by atoms with E-state index < -0.39 is 0 Å². The Hall–Kier alpha value is -0.0800. The van der Waals surface area contributed by atoms with Crippen LogP contribution in [-0.4, -0.2) is 37.6 Å². The van der Waals surface area contributed by atoms with Gasteiger partial charge >= 0.3 is 0 Å². The topological polar surface area (TPSA) is 15.3 Å². The van der Waals surface area contributed by atoms with Gasteiger partial charge in [0.25, 0.3) is 0 Å². The first-order valence-electron chi connectivity index (χ1n) is 5.25. The van der Waals surface area contributed by atoms with E-state index in [0.29, 0.717) is 0 Å². The number of hydrogen-bond acceptors (Lipinski definition) is 2. The van der Waals surface area contributed by atoms with Crippen molar-refractivity contribution in [1.82, 2.24) is 10.2 Å². The number of rotatable bonds is 5. The summed E-state index contributed by atoms with van der Waals surface area (Å²) in [5.74, 6) is 0. The van der Waals surface area contributed by atoms with E-state index in [2.05, 4.69) is 24.2 Å². The molecule has 1 unspecified atom stereocenters. The van der Waals surface area contributed by atoms with Crippen LogP contribution < -0.4 is 5.32 Å². The summed E-state index contributed by atoms with van der Waals surface area (Å²) >= 11 is 0. The summed E-state index contributed by atoms with van der Waals surface area (Å²) in [4.78, 5) is 2.51.